The number of carbonyl (C=O) groups excluding carboxylic acids is 2. The second-order valence-corrected chi connectivity index (χ2v) is 11.1. The summed E-state index contributed by atoms with van der Waals surface area (Å²) in [5, 5.41) is 17.9. The normalized spacial score (nSPS) is 20.9. The first-order chi connectivity index (χ1) is 20.3. The first-order valence-corrected chi connectivity index (χ1v) is 14.3. The average molecular weight is 591 g/mol. The van der Waals surface area contributed by atoms with Gasteiger partial charge in [-0.1, -0.05) is 29.8 Å². The van der Waals surface area contributed by atoms with Gasteiger partial charge in [0.15, 0.2) is 11.5 Å². The van der Waals surface area contributed by atoms with Gasteiger partial charge in [0.05, 0.1) is 19.1 Å². The molecule has 0 saturated carbocycles. The van der Waals surface area contributed by atoms with Crippen molar-refractivity contribution in [3.8, 4) is 11.8 Å². The predicted molar refractivity (Wildman–Crippen MR) is 156 cm³/mol. The van der Waals surface area contributed by atoms with E-state index in [1.165, 1.54) is 13.2 Å². The Bertz CT molecular complexity index is 1480. The minimum absolute atomic E-state index is 0.0612. The smallest absolute Gasteiger partial charge is 0.228 e. The van der Waals surface area contributed by atoms with E-state index in [1.807, 2.05) is 40.1 Å². The van der Waals surface area contributed by atoms with Gasteiger partial charge in [-0.3, -0.25) is 9.59 Å². The molecule has 2 aliphatic rings. The molecule has 2 saturated heterocycles. The van der Waals surface area contributed by atoms with Crippen LogP contribution >= 0.6 is 11.6 Å². The third-order valence-corrected chi connectivity index (χ3v) is 8.45. The minimum Gasteiger partial charge on any atom is -0.497 e. The van der Waals surface area contributed by atoms with Crippen LogP contribution in [0.2, 0.25) is 5.02 Å². The largest absolute Gasteiger partial charge is 0.497 e. The van der Waals surface area contributed by atoms with Gasteiger partial charge in [0.2, 0.25) is 11.8 Å². The monoisotopic (exact) mass is 590 g/mol. The van der Waals surface area contributed by atoms with Gasteiger partial charge in [0.1, 0.15) is 17.6 Å². The molecule has 2 amide bonds. The van der Waals surface area contributed by atoms with Crippen LogP contribution in [0.15, 0.2) is 54.6 Å². The number of nitrogens with zero attached hydrogens (tertiary/aromatic N) is 6. The molecule has 42 heavy (non-hydrogen) atoms. The number of hydrogen-bond donors (Lipinski definition) is 0. The molecule has 3 atom stereocenters. The summed E-state index contributed by atoms with van der Waals surface area (Å²) in [5.41, 5.74) is 1.63. The van der Waals surface area contributed by atoms with Gasteiger partial charge in [0, 0.05) is 56.7 Å². The van der Waals surface area contributed by atoms with Crippen molar-refractivity contribution in [3.63, 3.8) is 0 Å². The Balaban J connectivity index is 1.40. The highest BCUT2D eigenvalue weighted by atomic mass is 35.5. The molecule has 0 bridgehead atoms. The molecule has 0 spiro atoms. The molecule has 2 aliphatic heterocycles. The lowest BCUT2D eigenvalue weighted by atomic mass is 9.87. The highest BCUT2D eigenvalue weighted by molar-refractivity contribution is 6.30. The third kappa shape index (κ3) is 6.16. The number of rotatable bonds is 5. The Kier molecular flexibility index (Phi) is 8.88. The van der Waals surface area contributed by atoms with Crippen LogP contribution in [-0.2, 0) is 9.59 Å². The van der Waals surface area contributed by atoms with Gasteiger partial charge in [-0.05, 0) is 54.3 Å². The average Bonchev–Trinajstić information content (AvgIpc) is 3.42. The maximum absolute atomic E-state index is 15.3. The predicted octanol–water partition coefficient (Wildman–Crippen LogP) is 4.58. The number of ether oxygens (including phenoxy) is 1. The van der Waals surface area contributed by atoms with E-state index in [2.05, 4.69) is 10.2 Å². The summed E-state index contributed by atoms with van der Waals surface area (Å²) in [6.45, 7) is 3.50. The second-order valence-electron chi connectivity index (χ2n) is 10.6. The summed E-state index contributed by atoms with van der Waals surface area (Å²) in [6, 6.07) is 17.4. The maximum atomic E-state index is 15.3. The topological polar surface area (TPSA) is 103 Å². The zero-order valence-electron chi connectivity index (χ0n) is 23.5. The molecular formula is C31H32ClFN6O3. The first-order valence-electron chi connectivity index (χ1n) is 13.9. The minimum atomic E-state index is -0.553. The fourth-order valence-electron chi connectivity index (χ4n) is 6.04. The number of nitriles is 1. The van der Waals surface area contributed by atoms with E-state index in [1.54, 1.807) is 36.1 Å². The summed E-state index contributed by atoms with van der Waals surface area (Å²) in [7, 11) is 1.48. The molecule has 218 valence electrons. The van der Waals surface area contributed by atoms with Crippen LogP contribution in [0.1, 0.15) is 48.5 Å². The van der Waals surface area contributed by atoms with E-state index in [0.717, 1.165) is 5.56 Å². The van der Waals surface area contributed by atoms with Crippen LogP contribution in [0, 0.1) is 23.1 Å². The number of benzene rings is 2. The molecule has 1 aromatic heterocycles. The molecule has 0 aliphatic carbocycles. The van der Waals surface area contributed by atoms with Crippen molar-refractivity contribution in [1.82, 2.24) is 20.0 Å². The quantitative estimate of drug-likeness (QED) is 0.428. The molecule has 3 heterocycles. The van der Waals surface area contributed by atoms with Crippen molar-refractivity contribution in [2.75, 3.05) is 44.7 Å². The van der Waals surface area contributed by atoms with Crippen LogP contribution in [0.4, 0.5) is 10.2 Å². The lowest BCUT2D eigenvalue weighted by Gasteiger charge is -2.38. The Morgan fingerprint density at radius 1 is 1.05 bits per heavy atom. The van der Waals surface area contributed by atoms with Crippen molar-refractivity contribution >= 4 is 29.2 Å². The summed E-state index contributed by atoms with van der Waals surface area (Å²) >= 11 is 6.09. The van der Waals surface area contributed by atoms with E-state index in [0.29, 0.717) is 67.7 Å². The highest BCUT2D eigenvalue weighted by Gasteiger charge is 2.42. The number of aromatic nitrogens is 2. The maximum Gasteiger partial charge on any atom is 0.228 e. The molecule has 5 rings (SSSR count). The fraction of sp³-hybridized carbons (Fsp3) is 0.387. The van der Waals surface area contributed by atoms with E-state index in [4.69, 9.17) is 21.6 Å². The van der Waals surface area contributed by atoms with E-state index in [-0.39, 0.29) is 23.6 Å². The molecule has 2 aromatic carbocycles. The molecular weight excluding hydrogens is 559 g/mol. The number of hydrogen-bond acceptors (Lipinski definition) is 7. The summed E-state index contributed by atoms with van der Waals surface area (Å²) in [4.78, 5) is 32.4. The van der Waals surface area contributed by atoms with Crippen LogP contribution in [-0.4, -0.2) is 71.6 Å². The van der Waals surface area contributed by atoms with Crippen molar-refractivity contribution in [3.05, 3.63) is 82.3 Å². The van der Waals surface area contributed by atoms with Gasteiger partial charge in [-0.15, -0.1) is 10.2 Å². The lowest BCUT2D eigenvalue weighted by molar-refractivity contribution is -0.139. The highest BCUT2D eigenvalue weighted by Crippen LogP contribution is 2.38. The molecule has 2 fully saturated rings. The van der Waals surface area contributed by atoms with E-state index >= 15 is 4.39 Å². The SMILES string of the molecule is COc1ccc([C@@H]2CN(c3ccc(C#N)nn3)CC2C(=O)N2CCC[C@@H](c3ccc(Cl)cc3)N(C(C)=O)CC2)c(F)c1. The number of methoxy groups -OCH3 is 1. The standard InChI is InChI=1S/C31H32ClFN6O3/c1-20(40)39-15-14-37(13-3-4-29(39)21-5-7-22(32)8-6-21)31(41)27-19-38(30-12-9-23(17-34)35-36-30)18-26(27)25-11-10-24(42-2)16-28(25)33/h5-12,16,26-27,29H,3-4,13-15,18-19H2,1-2H3/t26-,27?,29-/m0/s1. The van der Waals surface area contributed by atoms with Crippen LogP contribution in [0.3, 0.4) is 0 Å². The van der Waals surface area contributed by atoms with Gasteiger partial charge in [-0.25, -0.2) is 4.39 Å². The molecule has 0 N–H and O–H groups in total. The van der Waals surface area contributed by atoms with Gasteiger partial charge >= 0.3 is 0 Å². The van der Waals surface area contributed by atoms with Crippen molar-refractivity contribution in [1.29, 1.82) is 5.26 Å². The van der Waals surface area contributed by atoms with Crippen LogP contribution in [0.5, 0.6) is 5.75 Å². The second kappa shape index (κ2) is 12.7. The molecule has 9 nitrogen and oxygen atoms in total. The Morgan fingerprint density at radius 2 is 1.83 bits per heavy atom. The summed E-state index contributed by atoms with van der Waals surface area (Å²) < 4.78 is 20.5. The Morgan fingerprint density at radius 3 is 2.48 bits per heavy atom. The number of amides is 2. The Labute approximate surface area is 249 Å². The summed E-state index contributed by atoms with van der Waals surface area (Å²) in [6.07, 6.45) is 1.39. The molecule has 0 radical (unpaired) electrons. The number of anilines is 1. The number of carbonyl (C=O) groups is 2. The van der Waals surface area contributed by atoms with Crippen molar-refractivity contribution < 1.29 is 18.7 Å². The fourth-order valence-corrected chi connectivity index (χ4v) is 6.16. The molecule has 11 heteroatoms. The lowest BCUT2D eigenvalue weighted by Crippen LogP contribution is -2.47. The van der Waals surface area contributed by atoms with E-state index in [9.17, 15) is 9.59 Å². The van der Waals surface area contributed by atoms with Gasteiger partial charge < -0.3 is 19.4 Å². The first kappa shape index (κ1) is 29.3. The number of halogens is 2. The van der Waals surface area contributed by atoms with Gasteiger partial charge in [-0.2, -0.15) is 5.26 Å². The zero-order valence-corrected chi connectivity index (χ0v) is 24.3. The van der Waals surface area contributed by atoms with E-state index < -0.39 is 17.7 Å². The zero-order chi connectivity index (χ0) is 29.8. The summed E-state index contributed by atoms with van der Waals surface area (Å²) in [5.74, 6) is -0.674. The third-order valence-electron chi connectivity index (χ3n) is 8.20. The van der Waals surface area contributed by atoms with Crippen molar-refractivity contribution in [2.45, 2.75) is 31.7 Å². The van der Waals surface area contributed by atoms with Crippen LogP contribution in [0.25, 0.3) is 0 Å². The molecule has 1 unspecified atom stereocenters. The van der Waals surface area contributed by atoms with Crippen molar-refractivity contribution in [2.24, 2.45) is 5.92 Å². The molecule has 3 aromatic rings. The Hall–Kier alpha value is -4.23. The van der Waals surface area contributed by atoms with Crippen LogP contribution < -0.4 is 9.64 Å². The van der Waals surface area contributed by atoms with Gasteiger partial charge in [0.25, 0.3) is 0 Å².